The van der Waals surface area contributed by atoms with E-state index in [2.05, 4.69) is 44.8 Å². The van der Waals surface area contributed by atoms with Gasteiger partial charge in [-0.15, -0.1) is 0 Å². The molecule has 2 heteroatoms. The lowest BCUT2D eigenvalue weighted by atomic mass is 9.70. The Morgan fingerprint density at radius 1 is 1.33 bits per heavy atom. The normalized spacial score (nSPS) is 27.7. The van der Waals surface area contributed by atoms with Gasteiger partial charge in [-0.25, -0.2) is 0 Å². The number of aliphatic hydroxyl groups excluding tert-OH is 1. The molecule has 1 aromatic rings. The lowest BCUT2D eigenvalue weighted by Gasteiger charge is -2.37. The molecule has 1 aliphatic rings. The topological polar surface area (TPSA) is 36.0 Å². The summed E-state index contributed by atoms with van der Waals surface area (Å²) < 4.78 is 0. The second-order valence-electron chi connectivity index (χ2n) is 6.10. The van der Waals surface area contributed by atoms with Crippen LogP contribution in [0.2, 0.25) is 0 Å². The summed E-state index contributed by atoms with van der Waals surface area (Å²) >= 11 is 0. The summed E-state index contributed by atoms with van der Waals surface area (Å²) in [6.07, 6.45) is 10.3. The number of H-pyrrole nitrogens is 1. The standard InChI is InChI=1S/C16H23NO/c1-5-16(10-7-6-8-13(16)18)14-12(9-11-17-14)15(2,3)4/h6-11,13,17-18H,5H2,1-4H3/t13-,16+/m0/s1. The Balaban J connectivity index is 2.56. The van der Waals surface area contributed by atoms with Gasteiger partial charge in [0.2, 0.25) is 0 Å². The third kappa shape index (κ3) is 1.95. The third-order valence-electron chi connectivity index (χ3n) is 3.93. The van der Waals surface area contributed by atoms with Crippen molar-refractivity contribution in [2.24, 2.45) is 0 Å². The van der Waals surface area contributed by atoms with Crippen molar-refractivity contribution in [1.82, 2.24) is 4.98 Å². The van der Waals surface area contributed by atoms with Gasteiger partial charge in [-0.05, 0) is 23.5 Å². The molecule has 2 nitrogen and oxygen atoms in total. The summed E-state index contributed by atoms with van der Waals surface area (Å²) in [7, 11) is 0. The molecule has 0 bridgehead atoms. The zero-order chi connectivity index (χ0) is 13.4. The molecule has 0 unspecified atom stereocenters. The summed E-state index contributed by atoms with van der Waals surface area (Å²) in [6.45, 7) is 8.74. The molecule has 2 atom stereocenters. The van der Waals surface area contributed by atoms with E-state index in [9.17, 15) is 5.11 Å². The smallest absolute Gasteiger partial charge is 0.0869 e. The van der Waals surface area contributed by atoms with E-state index in [4.69, 9.17) is 0 Å². The van der Waals surface area contributed by atoms with Crippen molar-refractivity contribution in [2.75, 3.05) is 0 Å². The largest absolute Gasteiger partial charge is 0.388 e. The number of hydrogen-bond donors (Lipinski definition) is 2. The van der Waals surface area contributed by atoms with Gasteiger partial charge in [0, 0.05) is 11.9 Å². The highest BCUT2D eigenvalue weighted by atomic mass is 16.3. The first kappa shape index (κ1) is 13.2. The number of aromatic amines is 1. The van der Waals surface area contributed by atoms with E-state index in [0.717, 1.165) is 12.1 Å². The summed E-state index contributed by atoms with van der Waals surface area (Å²) in [4.78, 5) is 3.36. The van der Waals surface area contributed by atoms with Crippen LogP contribution in [-0.2, 0) is 10.8 Å². The van der Waals surface area contributed by atoms with Crippen molar-refractivity contribution in [2.45, 2.75) is 51.0 Å². The van der Waals surface area contributed by atoms with Gasteiger partial charge in [-0.2, -0.15) is 0 Å². The lowest BCUT2D eigenvalue weighted by molar-refractivity contribution is 0.142. The Morgan fingerprint density at radius 3 is 2.61 bits per heavy atom. The van der Waals surface area contributed by atoms with Gasteiger partial charge in [0.05, 0.1) is 11.5 Å². The van der Waals surface area contributed by atoms with Crippen LogP contribution >= 0.6 is 0 Å². The molecule has 0 aromatic carbocycles. The first-order valence-corrected chi connectivity index (χ1v) is 6.64. The van der Waals surface area contributed by atoms with Crippen LogP contribution in [0, 0.1) is 0 Å². The molecule has 2 rings (SSSR count). The fraction of sp³-hybridized carbons (Fsp3) is 0.500. The highest BCUT2D eigenvalue weighted by molar-refractivity contribution is 5.42. The van der Waals surface area contributed by atoms with Gasteiger partial charge >= 0.3 is 0 Å². The highest BCUT2D eigenvalue weighted by Crippen LogP contribution is 2.40. The summed E-state index contributed by atoms with van der Waals surface area (Å²) in [6, 6.07) is 2.13. The van der Waals surface area contributed by atoms with Crippen molar-refractivity contribution in [1.29, 1.82) is 0 Å². The number of hydrogen-bond acceptors (Lipinski definition) is 1. The highest BCUT2D eigenvalue weighted by Gasteiger charge is 2.39. The lowest BCUT2D eigenvalue weighted by Crippen LogP contribution is -2.39. The van der Waals surface area contributed by atoms with Crippen LogP contribution in [0.1, 0.15) is 45.4 Å². The fourth-order valence-corrected chi connectivity index (χ4v) is 2.78. The van der Waals surface area contributed by atoms with E-state index in [1.54, 1.807) is 0 Å². The van der Waals surface area contributed by atoms with Crippen LogP contribution in [0.4, 0.5) is 0 Å². The number of aliphatic hydroxyl groups is 1. The van der Waals surface area contributed by atoms with Crippen LogP contribution in [0.25, 0.3) is 0 Å². The molecule has 0 saturated heterocycles. The Hall–Kier alpha value is -1.28. The second-order valence-corrected chi connectivity index (χ2v) is 6.10. The Kier molecular flexibility index (Phi) is 3.24. The minimum Gasteiger partial charge on any atom is -0.388 e. The Labute approximate surface area is 109 Å². The van der Waals surface area contributed by atoms with E-state index in [1.807, 2.05) is 24.4 Å². The summed E-state index contributed by atoms with van der Waals surface area (Å²) in [5.74, 6) is 0. The van der Waals surface area contributed by atoms with E-state index in [0.29, 0.717) is 0 Å². The van der Waals surface area contributed by atoms with Crippen molar-refractivity contribution in [3.05, 3.63) is 47.8 Å². The number of rotatable bonds is 2. The molecule has 18 heavy (non-hydrogen) atoms. The number of allylic oxidation sites excluding steroid dienone is 2. The molecule has 1 heterocycles. The van der Waals surface area contributed by atoms with E-state index >= 15 is 0 Å². The first-order valence-electron chi connectivity index (χ1n) is 6.64. The fourth-order valence-electron chi connectivity index (χ4n) is 2.78. The Bertz CT molecular complexity index is 476. The number of nitrogens with one attached hydrogen (secondary N) is 1. The van der Waals surface area contributed by atoms with E-state index in [1.165, 1.54) is 5.56 Å². The van der Waals surface area contributed by atoms with Gasteiger partial charge in [0.1, 0.15) is 0 Å². The first-order chi connectivity index (χ1) is 8.42. The van der Waals surface area contributed by atoms with Crippen molar-refractivity contribution >= 4 is 0 Å². The van der Waals surface area contributed by atoms with Crippen molar-refractivity contribution in [3.8, 4) is 0 Å². The monoisotopic (exact) mass is 245 g/mol. The quantitative estimate of drug-likeness (QED) is 0.822. The van der Waals surface area contributed by atoms with E-state index in [-0.39, 0.29) is 10.8 Å². The molecule has 2 N–H and O–H groups in total. The summed E-state index contributed by atoms with van der Waals surface area (Å²) in [5.41, 5.74) is 2.18. The minimum atomic E-state index is -0.466. The molecule has 98 valence electrons. The maximum absolute atomic E-state index is 10.4. The molecule has 1 aromatic heterocycles. The Morgan fingerprint density at radius 2 is 2.06 bits per heavy atom. The van der Waals surface area contributed by atoms with Crippen LogP contribution in [0.5, 0.6) is 0 Å². The predicted molar refractivity (Wildman–Crippen MR) is 75.7 cm³/mol. The van der Waals surface area contributed by atoms with Crippen LogP contribution in [0.3, 0.4) is 0 Å². The maximum Gasteiger partial charge on any atom is 0.0869 e. The van der Waals surface area contributed by atoms with Gasteiger partial charge in [-0.3, -0.25) is 0 Å². The SMILES string of the molecule is CC[C@@]1(c2[nH]ccc2C(C)(C)C)C=CC=C[C@@H]1O. The third-order valence-corrected chi connectivity index (χ3v) is 3.93. The predicted octanol–water partition coefficient (Wildman–Crippen LogP) is 3.45. The van der Waals surface area contributed by atoms with Gasteiger partial charge in [-0.1, -0.05) is 52.0 Å². The molecule has 0 aliphatic heterocycles. The molecular formula is C16H23NO. The van der Waals surface area contributed by atoms with Gasteiger partial charge < -0.3 is 10.1 Å². The average Bonchev–Trinajstić information content (AvgIpc) is 2.79. The molecule has 0 fully saturated rings. The average molecular weight is 245 g/mol. The van der Waals surface area contributed by atoms with E-state index < -0.39 is 6.10 Å². The van der Waals surface area contributed by atoms with Crippen molar-refractivity contribution < 1.29 is 5.11 Å². The zero-order valence-corrected chi connectivity index (χ0v) is 11.7. The second kappa shape index (κ2) is 4.43. The van der Waals surface area contributed by atoms with Gasteiger partial charge in [0.15, 0.2) is 0 Å². The van der Waals surface area contributed by atoms with Crippen molar-refractivity contribution in [3.63, 3.8) is 0 Å². The summed E-state index contributed by atoms with van der Waals surface area (Å²) in [5, 5.41) is 10.4. The maximum atomic E-state index is 10.4. The molecule has 0 saturated carbocycles. The molecular weight excluding hydrogens is 222 g/mol. The van der Waals surface area contributed by atoms with Crippen LogP contribution in [0.15, 0.2) is 36.6 Å². The van der Waals surface area contributed by atoms with Crippen LogP contribution < -0.4 is 0 Å². The number of aromatic nitrogens is 1. The minimum absolute atomic E-state index is 0.0756. The molecule has 0 radical (unpaired) electrons. The zero-order valence-electron chi connectivity index (χ0n) is 11.7. The molecule has 0 spiro atoms. The molecule has 1 aliphatic carbocycles. The molecule has 0 amide bonds. The van der Waals surface area contributed by atoms with Crippen LogP contribution in [-0.4, -0.2) is 16.2 Å². The van der Waals surface area contributed by atoms with Gasteiger partial charge in [0.25, 0.3) is 0 Å².